The van der Waals surface area contributed by atoms with Crippen LogP contribution in [0.3, 0.4) is 0 Å². The van der Waals surface area contributed by atoms with Gasteiger partial charge in [0.05, 0.1) is 0 Å². The first kappa shape index (κ1) is 10.9. The van der Waals surface area contributed by atoms with E-state index in [2.05, 4.69) is 18.8 Å². The Hall–Kier alpha value is -1.18. The third-order valence-corrected chi connectivity index (χ3v) is 2.59. The van der Waals surface area contributed by atoms with Crippen LogP contribution in [0.1, 0.15) is 36.8 Å². The molecule has 76 valence electrons. The molecule has 0 spiro atoms. The van der Waals surface area contributed by atoms with Crippen molar-refractivity contribution in [2.24, 2.45) is 11.8 Å². The number of nitrogens with zero attached hydrogens (tertiary/aromatic N) is 1. The molecule has 0 N–H and O–H groups in total. The molecule has 0 aliphatic heterocycles. The molecule has 0 saturated heterocycles. The topological polar surface area (TPSA) is 30.0 Å². The summed E-state index contributed by atoms with van der Waals surface area (Å²) in [5, 5.41) is 0. The van der Waals surface area contributed by atoms with E-state index in [-0.39, 0.29) is 11.7 Å². The zero-order valence-corrected chi connectivity index (χ0v) is 9.24. The summed E-state index contributed by atoms with van der Waals surface area (Å²) < 4.78 is 0. The van der Waals surface area contributed by atoms with Crippen molar-refractivity contribution in [3.05, 3.63) is 29.6 Å². The number of Topliss-reactive ketones (excluding diaryl/α,β-unsaturated/α-hetero) is 1. The van der Waals surface area contributed by atoms with Gasteiger partial charge in [-0.15, -0.1) is 0 Å². The van der Waals surface area contributed by atoms with E-state index in [1.807, 2.05) is 19.9 Å². The van der Waals surface area contributed by atoms with Crippen LogP contribution in [0.2, 0.25) is 0 Å². The van der Waals surface area contributed by atoms with Gasteiger partial charge in [-0.1, -0.05) is 20.8 Å². The number of carbonyl (C=O) groups excluding carboxylic acids is 1. The Morgan fingerprint density at radius 2 is 2.00 bits per heavy atom. The summed E-state index contributed by atoms with van der Waals surface area (Å²) in [6.07, 6.45) is 1.69. The minimum atomic E-state index is 0.0804. The van der Waals surface area contributed by atoms with E-state index in [4.69, 9.17) is 0 Å². The van der Waals surface area contributed by atoms with Crippen LogP contribution in [0.15, 0.2) is 18.3 Å². The molecule has 2 nitrogen and oxygen atoms in total. The molecule has 0 bridgehead atoms. The van der Waals surface area contributed by atoms with Gasteiger partial charge in [0.1, 0.15) is 0 Å². The zero-order valence-electron chi connectivity index (χ0n) is 9.24. The first-order valence-corrected chi connectivity index (χ1v) is 4.99. The lowest BCUT2D eigenvalue weighted by atomic mass is 9.90. The molecule has 1 aromatic rings. The van der Waals surface area contributed by atoms with Gasteiger partial charge in [0.2, 0.25) is 0 Å². The predicted octanol–water partition coefficient (Wildman–Crippen LogP) is 2.86. The van der Waals surface area contributed by atoms with Crippen LogP contribution in [-0.2, 0) is 0 Å². The molecule has 1 rings (SSSR count). The number of ketones is 1. The molecule has 14 heavy (non-hydrogen) atoms. The quantitative estimate of drug-likeness (QED) is 0.688. The average Bonchev–Trinajstić information content (AvgIpc) is 2.15. The maximum absolute atomic E-state index is 11.9. The van der Waals surface area contributed by atoms with E-state index < -0.39 is 0 Å². The number of carbonyl (C=O) groups is 1. The van der Waals surface area contributed by atoms with Crippen molar-refractivity contribution in [3.8, 4) is 0 Å². The third kappa shape index (κ3) is 2.41. The fraction of sp³-hybridized carbons (Fsp3) is 0.500. The highest BCUT2D eigenvalue weighted by Crippen LogP contribution is 2.16. The number of rotatable bonds is 3. The Morgan fingerprint density at radius 3 is 2.50 bits per heavy atom. The van der Waals surface area contributed by atoms with Crippen LogP contribution in [-0.4, -0.2) is 10.8 Å². The van der Waals surface area contributed by atoms with Gasteiger partial charge in [0.15, 0.2) is 5.78 Å². The Bertz CT molecular complexity index is 331. The molecule has 0 amide bonds. The fourth-order valence-electron chi connectivity index (χ4n) is 1.26. The maximum atomic E-state index is 11.9. The van der Waals surface area contributed by atoms with E-state index in [0.29, 0.717) is 5.92 Å². The van der Waals surface area contributed by atoms with Gasteiger partial charge >= 0.3 is 0 Å². The second-order valence-electron chi connectivity index (χ2n) is 4.08. The van der Waals surface area contributed by atoms with Gasteiger partial charge in [-0.05, 0) is 25.0 Å². The van der Waals surface area contributed by atoms with Crippen LogP contribution < -0.4 is 0 Å². The van der Waals surface area contributed by atoms with E-state index >= 15 is 0 Å². The maximum Gasteiger partial charge on any atom is 0.166 e. The molecule has 0 aromatic carbocycles. The molecule has 1 aromatic heterocycles. The summed E-state index contributed by atoms with van der Waals surface area (Å²) in [6, 6.07) is 3.63. The summed E-state index contributed by atoms with van der Waals surface area (Å²) in [7, 11) is 0. The van der Waals surface area contributed by atoms with Gasteiger partial charge < -0.3 is 0 Å². The van der Waals surface area contributed by atoms with Crippen LogP contribution in [0.5, 0.6) is 0 Å². The summed E-state index contributed by atoms with van der Waals surface area (Å²) >= 11 is 0. The molecule has 2 heteroatoms. The Balaban J connectivity index is 2.89. The largest absolute Gasteiger partial charge is 0.294 e. The Morgan fingerprint density at radius 1 is 1.36 bits per heavy atom. The molecule has 0 radical (unpaired) electrons. The van der Waals surface area contributed by atoms with Crippen molar-refractivity contribution in [2.75, 3.05) is 0 Å². The molecule has 0 aliphatic carbocycles. The highest BCUT2D eigenvalue weighted by molar-refractivity contribution is 5.97. The van der Waals surface area contributed by atoms with Gasteiger partial charge in [-0.25, -0.2) is 0 Å². The SMILES string of the molecule is Cc1cc(C(=O)C(C)C(C)C)ccn1. The number of hydrogen-bond acceptors (Lipinski definition) is 2. The van der Waals surface area contributed by atoms with Crippen LogP contribution in [0.25, 0.3) is 0 Å². The standard InChI is InChI=1S/C12H17NO/c1-8(2)10(4)12(14)11-5-6-13-9(3)7-11/h5-8,10H,1-4H3. The van der Waals surface area contributed by atoms with E-state index in [0.717, 1.165) is 11.3 Å². The van der Waals surface area contributed by atoms with Crippen LogP contribution >= 0.6 is 0 Å². The number of hydrogen-bond donors (Lipinski definition) is 0. The summed E-state index contributed by atoms with van der Waals surface area (Å²) in [6.45, 7) is 8.01. The van der Waals surface area contributed by atoms with Crippen molar-refractivity contribution in [1.29, 1.82) is 0 Å². The van der Waals surface area contributed by atoms with E-state index in [1.54, 1.807) is 12.3 Å². The average molecular weight is 191 g/mol. The van der Waals surface area contributed by atoms with E-state index in [1.165, 1.54) is 0 Å². The first-order chi connectivity index (χ1) is 6.52. The molecular formula is C12H17NO. The summed E-state index contributed by atoms with van der Waals surface area (Å²) in [5.74, 6) is 0.679. The van der Waals surface area contributed by atoms with Gasteiger partial charge in [0.25, 0.3) is 0 Å². The summed E-state index contributed by atoms with van der Waals surface area (Å²) in [4.78, 5) is 16.0. The molecule has 0 saturated carbocycles. The number of aromatic nitrogens is 1. The number of aryl methyl sites for hydroxylation is 1. The second kappa shape index (κ2) is 4.36. The van der Waals surface area contributed by atoms with Gasteiger partial charge in [-0.2, -0.15) is 0 Å². The zero-order chi connectivity index (χ0) is 10.7. The third-order valence-electron chi connectivity index (χ3n) is 2.59. The van der Waals surface area contributed by atoms with E-state index in [9.17, 15) is 4.79 Å². The van der Waals surface area contributed by atoms with Crippen molar-refractivity contribution in [1.82, 2.24) is 4.98 Å². The monoisotopic (exact) mass is 191 g/mol. The molecule has 1 unspecified atom stereocenters. The minimum Gasteiger partial charge on any atom is -0.294 e. The minimum absolute atomic E-state index is 0.0804. The van der Waals surface area contributed by atoms with Crippen LogP contribution in [0, 0.1) is 18.8 Å². The van der Waals surface area contributed by atoms with Crippen molar-refractivity contribution >= 4 is 5.78 Å². The lowest BCUT2D eigenvalue weighted by Gasteiger charge is -2.13. The smallest absolute Gasteiger partial charge is 0.166 e. The lowest BCUT2D eigenvalue weighted by molar-refractivity contribution is 0.0899. The fourth-order valence-corrected chi connectivity index (χ4v) is 1.26. The lowest BCUT2D eigenvalue weighted by Crippen LogP contribution is -2.17. The highest BCUT2D eigenvalue weighted by atomic mass is 16.1. The molecule has 1 atom stereocenters. The first-order valence-electron chi connectivity index (χ1n) is 4.99. The molecule has 0 aliphatic rings. The molecule has 0 fully saturated rings. The molecular weight excluding hydrogens is 174 g/mol. The molecule has 1 heterocycles. The van der Waals surface area contributed by atoms with Crippen LogP contribution in [0.4, 0.5) is 0 Å². The Kier molecular flexibility index (Phi) is 3.39. The Labute approximate surface area is 85.4 Å². The second-order valence-corrected chi connectivity index (χ2v) is 4.08. The number of pyridine rings is 1. The van der Waals surface area contributed by atoms with Crippen molar-refractivity contribution < 1.29 is 4.79 Å². The summed E-state index contributed by atoms with van der Waals surface area (Å²) in [5.41, 5.74) is 1.67. The van der Waals surface area contributed by atoms with Gasteiger partial charge in [0, 0.05) is 23.4 Å². The predicted molar refractivity (Wildman–Crippen MR) is 57.3 cm³/mol. The van der Waals surface area contributed by atoms with Crippen molar-refractivity contribution in [2.45, 2.75) is 27.7 Å². The van der Waals surface area contributed by atoms with Crippen molar-refractivity contribution in [3.63, 3.8) is 0 Å². The normalized spacial score (nSPS) is 12.9. The highest BCUT2D eigenvalue weighted by Gasteiger charge is 2.18. The van der Waals surface area contributed by atoms with Gasteiger partial charge in [-0.3, -0.25) is 9.78 Å².